The van der Waals surface area contributed by atoms with Crippen LogP contribution in [0.25, 0.3) is 27.5 Å². The monoisotopic (exact) mass is 613 g/mol. The molecule has 0 aliphatic carbocycles. The molecular weight excluding hydrogens is 595 g/mol. The van der Waals surface area contributed by atoms with E-state index in [0.717, 1.165) is 5.69 Å². The van der Waals surface area contributed by atoms with E-state index in [1.165, 1.54) is 30.6 Å². The highest BCUT2D eigenvalue weighted by atomic mass is 35.5. The van der Waals surface area contributed by atoms with E-state index in [9.17, 15) is 13.9 Å². The highest BCUT2D eigenvalue weighted by molar-refractivity contribution is 6.36. The number of ether oxygens (including phenoxy) is 1. The van der Waals surface area contributed by atoms with Crippen LogP contribution in [0.4, 0.5) is 8.78 Å². The van der Waals surface area contributed by atoms with Gasteiger partial charge in [-0.1, -0.05) is 34.8 Å². The lowest BCUT2D eigenvalue weighted by atomic mass is 10.1. The van der Waals surface area contributed by atoms with Crippen molar-refractivity contribution in [1.82, 2.24) is 24.5 Å². The number of aromatic nitrogens is 5. The zero-order chi connectivity index (χ0) is 29.3. The first-order valence-electron chi connectivity index (χ1n) is 12.1. The van der Waals surface area contributed by atoms with Crippen molar-refractivity contribution >= 4 is 56.6 Å². The number of benzene rings is 2. The van der Waals surface area contributed by atoms with E-state index < -0.39 is 11.6 Å². The fraction of sp³-hybridized carbons (Fsp3) is 0.103. The number of imidazole rings is 1. The summed E-state index contributed by atoms with van der Waals surface area (Å²) in [6, 6.07) is 8.69. The molecule has 0 atom stereocenters. The zero-order valence-electron chi connectivity index (χ0n) is 21.5. The van der Waals surface area contributed by atoms with Gasteiger partial charge in [0, 0.05) is 41.7 Å². The number of pyridine rings is 3. The number of rotatable bonds is 4. The highest BCUT2D eigenvalue weighted by Crippen LogP contribution is 2.34. The summed E-state index contributed by atoms with van der Waals surface area (Å²) in [6.07, 6.45) is 7.98. The smallest absolute Gasteiger partial charge is 0.146 e. The Morgan fingerprint density at radius 2 is 1.49 bits per heavy atom. The lowest BCUT2D eigenvalue weighted by Gasteiger charge is -2.14. The Kier molecular flexibility index (Phi) is 8.21. The molecule has 0 spiro atoms. The molecule has 0 radical (unpaired) electrons. The summed E-state index contributed by atoms with van der Waals surface area (Å²) in [5.41, 5.74) is 3.23. The van der Waals surface area contributed by atoms with E-state index in [1.807, 2.05) is 6.92 Å². The van der Waals surface area contributed by atoms with Gasteiger partial charge in [0.05, 0.1) is 37.9 Å². The van der Waals surface area contributed by atoms with Crippen LogP contribution in [0.5, 0.6) is 11.5 Å². The van der Waals surface area contributed by atoms with E-state index in [4.69, 9.17) is 39.5 Å². The lowest BCUT2D eigenvalue weighted by molar-refractivity contribution is 0.309. The van der Waals surface area contributed by atoms with Crippen LogP contribution in [0.2, 0.25) is 15.1 Å². The van der Waals surface area contributed by atoms with Gasteiger partial charge in [-0.15, -0.1) is 0 Å². The molecule has 0 aliphatic heterocycles. The molecule has 41 heavy (non-hydrogen) atoms. The van der Waals surface area contributed by atoms with Crippen molar-refractivity contribution in [2.45, 2.75) is 20.5 Å². The van der Waals surface area contributed by atoms with Crippen LogP contribution in [-0.4, -0.2) is 29.6 Å². The van der Waals surface area contributed by atoms with Crippen LogP contribution in [0.3, 0.4) is 0 Å². The second-order valence-electron chi connectivity index (χ2n) is 8.93. The van der Waals surface area contributed by atoms with Gasteiger partial charge in [-0.05, 0) is 50.2 Å². The molecule has 7 nitrogen and oxygen atoms in total. The molecule has 2 aromatic carbocycles. The number of phenols is 1. The highest BCUT2D eigenvalue weighted by Gasteiger charge is 2.16. The molecule has 4 heterocycles. The Balaban J connectivity index is 0.000000202. The summed E-state index contributed by atoms with van der Waals surface area (Å²) in [7, 11) is 0. The molecule has 1 N–H and O–H groups in total. The van der Waals surface area contributed by atoms with Gasteiger partial charge in [-0.3, -0.25) is 4.98 Å². The van der Waals surface area contributed by atoms with Crippen LogP contribution in [0.1, 0.15) is 17.0 Å². The maximum Gasteiger partial charge on any atom is 0.146 e. The van der Waals surface area contributed by atoms with Crippen molar-refractivity contribution in [3.63, 3.8) is 0 Å². The molecule has 0 bridgehead atoms. The molecule has 0 aliphatic rings. The first kappa shape index (κ1) is 28.5. The van der Waals surface area contributed by atoms with Gasteiger partial charge < -0.3 is 14.4 Å². The molecule has 0 fully saturated rings. The molecule has 6 aromatic rings. The third kappa shape index (κ3) is 5.88. The summed E-state index contributed by atoms with van der Waals surface area (Å²) >= 11 is 18.1. The molecule has 6 rings (SSSR count). The molecule has 4 aromatic heterocycles. The van der Waals surface area contributed by atoms with E-state index in [1.54, 1.807) is 48.4 Å². The number of nitrogens with zero attached hydrogens (tertiary/aromatic N) is 5. The molecular formula is C29H20Cl3F2N5O2. The summed E-state index contributed by atoms with van der Waals surface area (Å²) in [5, 5.41) is 11.0. The van der Waals surface area contributed by atoms with Gasteiger partial charge in [-0.25, -0.2) is 23.7 Å². The van der Waals surface area contributed by atoms with E-state index >= 15 is 0 Å². The largest absolute Gasteiger partial charge is 0.506 e. The third-order valence-electron chi connectivity index (χ3n) is 6.06. The minimum absolute atomic E-state index is 0.0630. The lowest BCUT2D eigenvalue weighted by Crippen LogP contribution is -2.02. The van der Waals surface area contributed by atoms with Crippen molar-refractivity contribution < 1.29 is 18.6 Å². The number of hydrogen-bond donors (Lipinski definition) is 1. The minimum atomic E-state index is -0.477. The van der Waals surface area contributed by atoms with Gasteiger partial charge in [0.15, 0.2) is 0 Å². The van der Waals surface area contributed by atoms with Crippen molar-refractivity contribution in [2.75, 3.05) is 0 Å². The average molecular weight is 615 g/mol. The number of aryl methyl sites for hydroxylation is 2. The molecule has 12 heteroatoms. The number of halogens is 5. The standard InChI is InChI=1S/C19H13Cl2FN4O.C10H7ClFNO/c1-11-6-16(26-5-4-23-10-26)18-15(22)2-3-17(19(18)25-11)27-9-12-13(20)7-24-8-14(12)21;1-5-4-6(11)9-7(12)2-3-8(14)10(9)13-5/h2-8,10H,9H2,1H3;2-4,14H,1H3. The topological polar surface area (TPSA) is 86.0 Å². The normalized spacial score (nSPS) is 11.0. The molecule has 0 saturated heterocycles. The molecule has 0 amide bonds. The van der Waals surface area contributed by atoms with Crippen molar-refractivity contribution in [3.8, 4) is 17.2 Å². The Morgan fingerprint density at radius 1 is 0.829 bits per heavy atom. The summed E-state index contributed by atoms with van der Waals surface area (Å²) < 4.78 is 35.6. The van der Waals surface area contributed by atoms with Crippen LogP contribution >= 0.6 is 34.8 Å². The second kappa shape index (κ2) is 11.8. The quantitative estimate of drug-likeness (QED) is 0.215. The van der Waals surface area contributed by atoms with Gasteiger partial charge in [0.25, 0.3) is 0 Å². The number of fused-ring (bicyclic) bond motifs is 2. The predicted octanol–water partition coefficient (Wildman–Crippen LogP) is 8.19. The maximum atomic E-state index is 14.7. The number of hydrogen-bond acceptors (Lipinski definition) is 6. The minimum Gasteiger partial charge on any atom is -0.506 e. The Labute approximate surface area is 248 Å². The van der Waals surface area contributed by atoms with Crippen LogP contribution in [0.15, 0.2) is 67.5 Å². The molecule has 208 valence electrons. The first-order chi connectivity index (χ1) is 19.6. The van der Waals surface area contributed by atoms with Gasteiger partial charge in [0.1, 0.15) is 40.8 Å². The van der Waals surface area contributed by atoms with E-state index in [2.05, 4.69) is 19.9 Å². The van der Waals surface area contributed by atoms with Gasteiger partial charge >= 0.3 is 0 Å². The fourth-order valence-electron chi connectivity index (χ4n) is 4.19. The van der Waals surface area contributed by atoms with Crippen molar-refractivity contribution in [3.05, 3.63) is 111 Å². The Bertz CT molecular complexity index is 1880. The SMILES string of the molecule is Cc1cc(-n2ccnc2)c2c(F)ccc(OCc3c(Cl)cncc3Cl)c2n1.Cc1cc(Cl)c2c(F)ccc(O)c2n1. The average Bonchev–Trinajstić information content (AvgIpc) is 3.46. The van der Waals surface area contributed by atoms with Crippen LogP contribution in [-0.2, 0) is 6.61 Å². The number of phenolic OH excluding ortho intramolecular Hbond substituents is 1. The van der Waals surface area contributed by atoms with Crippen molar-refractivity contribution in [1.29, 1.82) is 0 Å². The van der Waals surface area contributed by atoms with Crippen LogP contribution < -0.4 is 4.74 Å². The first-order valence-corrected chi connectivity index (χ1v) is 13.2. The maximum absolute atomic E-state index is 14.7. The third-order valence-corrected chi connectivity index (χ3v) is 7.00. The van der Waals surface area contributed by atoms with Crippen molar-refractivity contribution in [2.24, 2.45) is 0 Å². The second-order valence-corrected chi connectivity index (χ2v) is 10.1. The summed E-state index contributed by atoms with van der Waals surface area (Å²) in [5.74, 6) is -0.503. The summed E-state index contributed by atoms with van der Waals surface area (Å²) in [6.45, 7) is 3.68. The van der Waals surface area contributed by atoms with Gasteiger partial charge in [-0.2, -0.15) is 0 Å². The number of aromatic hydroxyl groups is 1. The zero-order valence-corrected chi connectivity index (χ0v) is 23.8. The van der Waals surface area contributed by atoms with E-state index in [0.29, 0.717) is 43.6 Å². The predicted molar refractivity (Wildman–Crippen MR) is 155 cm³/mol. The molecule has 0 saturated carbocycles. The Morgan fingerprint density at radius 3 is 2.20 bits per heavy atom. The summed E-state index contributed by atoms with van der Waals surface area (Å²) in [4.78, 5) is 16.5. The van der Waals surface area contributed by atoms with E-state index in [-0.39, 0.29) is 28.3 Å². The van der Waals surface area contributed by atoms with Gasteiger partial charge in [0.2, 0.25) is 0 Å². The fourth-order valence-corrected chi connectivity index (χ4v) is 5.00. The molecule has 0 unspecified atom stereocenters. The Hall–Kier alpha value is -4.05. The van der Waals surface area contributed by atoms with Crippen LogP contribution in [0, 0.1) is 25.5 Å².